The van der Waals surface area contributed by atoms with Gasteiger partial charge in [0.1, 0.15) is 0 Å². The Morgan fingerprint density at radius 1 is 1.20 bits per heavy atom. The van der Waals surface area contributed by atoms with Crippen molar-refractivity contribution >= 4 is 17.5 Å². The summed E-state index contributed by atoms with van der Waals surface area (Å²) >= 11 is 0. The van der Waals surface area contributed by atoms with E-state index in [-0.39, 0.29) is 23.7 Å². The second kappa shape index (κ2) is 2.69. The van der Waals surface area contributed by atoms with Gasteiger partial charge in [0.2, 0.25) is 11.8 Å². The fourth-order valence-electron chi connectivity index (χ4n) is 2.20. The number of hydrogen-bond donors (Lipinski definition) is 0. The molecule has 3 heteroatoms. The molecular formula is C12H11NO2. The molecule has 2 fully saturated rings. The van der Waals surface area contributed by atoms with Crippen LogP contribution in [0, 0.1) is 18.8 Å². The lowest BCUT2D eigenvalue weighted by molar-refractivity contribution is -0.123. The highest BCUT2D eigenvalue weighted by Crippen LogP contribution is 2.48. The lowest BCUT2D eigenvalue weighted by Gasteiger charge is -2.16. The van der Waals surface area contributed by atoms with Crippen molar-refractivity contribution in [1.82, 2.24) is 0 Å². The van der Waals surface area contributed by atoms with Gasteiger partial charge in [0.25, 0.3) is 0 Å². The second-order valence-corrected chi connectivity index (χ2v) is 4.30. The Morgan fingerprint density at radius 3 is 2.47 bits per heavy atom. The molecule has 15 heavy (non-hydrogen) atoms. The zero-order valence-electron chi connectivity index (χ0n) is 8.43. The number of anilines is 1. The molecule has 3 nitrogen and oxygen atoms in total. The molecule has 76 valence electrons. The quantitative estimate of drug-likeness (QED) is 0.646. The number of benzene rings is 1. The van der Waals surface area contributed by atoms with E-state index in [2.05, 4.69) is 0 Å². The lowest BCUT2D eigenvalue weighted by Crippen LogP contribution is -2.32. The number of carbonyl (C=O) groups excluding carboxylic acids is 2. The topological polar surface area (TPSA) is 37.4 Å². The predicted molar refractivity (Wildman–Crippen MR) is 55.3 cm³/mol. The lowest BCUT2D eigenvalue weighted by atomic mass is 10.2. The first kappa shape index (κ1) is 8.65. The third kappa shape index (κ3) is 1.12. The Balaban J connectivity index is 2.01. The summed E-state index contributed by atoms with van der Waals surface area (Å²) < 4.78 is 0. The van der Waals surface area contributed by atoms with Gasteiger partial charge in [-0.05, 0) is 31.0 Å². The minimum absolute atomic E-state index is 0.0157. The molecule has 1 aliphatic heterocycles. The summed E-state index contributed by atoms with van der Waals surface area (Å²) in [7, 11) is 0. The first-order chi connectivity index (χ1) is 7.18. The monoisotopic (exact) mass is 201 g/mol. The molecule has 1 heterocycles. The largest absolute Gasteiger partial charge is 0.274 e. The smallest absolute Gasteiger partial charge is 0.237 e. The van der Waals surface area contributed by atoms with Gasteiger partial charge in [-0.2, -0.15) is 0 Å². The number of rotatable bonds is 1. The van der Waals surface area contributed by atoms with E-state index < -0.39 is 0 Å². The van der Waals surface area contributed by atoms with Gasteiger partial charge < -0.3 is 0 Å². The van der Waals surface area contributed by atoms with Gasteiger partial charge in [0.15, 0.2) is 0 Å². The maximum absolute atomic E-state index is 11.8. The van der Waals surface area contributed by atoms with E-state index in [1.165, 1.54) is 4.90 Å². The molecule has 0 unspecified atom stereocenters. The van der Waals surface area contributed by atoms with Gasteiger partial charge in [0, 0.05) is 0 Å². The van der Waals surface area contributed by atoms with Gasteiger partial charge in [-0.3, -0.25) is 14.5 Å². The number of nitrogens with zero attached hydrogens (tertiary/aromatic N) is 1. The van der Waals surface area contributed by atoms with Crippen LogP contribution >= 0.6 is 0 Å². The Hall–Kier alpha value is -1.64. The van der Waals surface area contributed by atoms with Crippen LogP contribution in [0.2, 0.25) is 0 Å². The van der Waals surface area contributed by atoms with Crippen LogP contribution in [0.3, 0.4) is 0 Å². The molecule has 1 aromatic carbocycles. The predicted octanol–water partition coefficient (Wildman–Crippen LogP) is 1.50. The fraction of sp³-hybridized carbons (Fsp3) is 0.333. The molecule has 2 aliphatic rings. The van der Waals surface area contributed by atoms with Gasteiger partial charge in [0.05, 0.1) is 17.5 Å². The van der Waals surface area contributed by atoms with E-state index in [4.69, 9.17) is 0 Å². The number of piperidine rings is 1. The van der Waals surface area contributed by atoms with Crippen molar-refractivity contribution in [2.24, 2.45) is 11.8 Å². The van der Waals surface area contributed by atoms with Crippen molar-refractivity contribution in [2.45, 2.75) is 13.3 Å². The van der Waals surface area contributed by atoms with E-state index in [1.54, 1.807) is 0 Å². The van der Waals surface area contributed by atoms with Crippen molar-refractivity contribution in [3.8, 4) is 0 Å². The molecule has 3 rings (SSSR count). The maximum Gasteiger partial charge on any atom is 0.237 e. The molecule has 1 aromatic rings. The summed E-state index contributed by atoms with van der Waals surface area (Å²) in [5.74, 6) is -0.0674. The molecule has 0 radical (unpaired) electrons. The van der Waals surface area contributed by atoms with Crippen molar-refractivity contribution in [1.29, 1.82) is 0 Å². The molecule has 0 aromatic heterocycles. The summed E-state index contributed by atoms with van der Waals surface area (Å²) in [4.78, 5) is 24.9. The van der Waals surface area contributed by atoms with Gasteiger partial charge in [-0.15, -0.1) is 0 Å². The standard InChI is InChI=1S/C12H11NO2/c1-7-3-2-4-8(5-7)13-11(14)9-6-10(9)12(13)15/h2-5,9-10H,6H2,1H3/t9-,10-/m1/s1. The second-order valence-electron chi connectivity index (χ2n) is 4.30. The van der Waals surface area contributed by atoms with E-state index in [9.17, 15) is 9.59 Å². The highest BCUT2D eigenvalue weighted by Gasteiger charge is 2.59. The fourth-order valence-corrected chi connectivity index (χ4v) is 2.20. The summed E-state index contributed by atoms with van der Waals surface area (Å²) in [6.07, 6.45) is 0.764. The number of carbonyl (C=O) groups is 2. The summed E-state index contributed by atoms with van der Waals surface area (Å²) in [5, 5.41) is 0. The Morgan fingerprint density at radius 2 is 1.87 bits per heavy atom. The average molecular weight is 201 g/mol. The summed E-state index contributed by atoms with van der Waals surface area (Å²) in [6, 6.07) is 7.51. The number of hydrogen-bond acceptors (Lipinski definition) is 2. The van der Waals surface area contributed by atoms with E-state index in [0.29, 0.717) is 0 Å². The molecular weight excluding hydrogens is 190 g/mol. The highest BCUT2D eigenvalue weighted by molar-refractivity contribution is 6.24. The van der Waals surface area contributed by atoms with Crippen LogP contribution in [0.5, 0.6) is 0 Å². The van der Waals surface area contributed by atoms with Crippen LogP contribution in [0.4, 0.5) is 5.69 Å². The molecule has 2 atom stereocenters. The van der Waals surface area contributed by atoms with Gasteiger partial charge in [-0.1, -0.05) is 12.1 Å². The third-order valence-corrected chi connectivity index (χ3v) is 3.13. The zero-order chi connectivity index (χ0) is 10.6. The molecule has 2 amide bonds. The Bertz CT molecular complexity index is 446. The van der Waals surface area contributed by atoms with Gasteiger partial charge >= 0.3 is 0 Å². The van der Waals surface area contributed by atoms with Crippen LogP contribution in [0.25, 0.3) is 0 Å². The van der Waals surface area contributed by atoms with Crippen molar-refractivity contribution < 1.29 is 9.59 Å². The number of fused-ring (bicyclic) bond motifs is 1. The molecule has 0 bridgehead atoms. The maximum atomic E-state index is 11.8. The summed E-state index contributed by atoms with van der Waals surface area (Å²) in [5.41, 5.74) is 1.78. The van der Waals surface area contributed by atoms with E-state index in [0.717, 1.165) is 17.7 Å². The average Bonchev–Trinajstić information content (AvgIpc) is 2.92. The minimum Gasteiger partial charge on any atom is -0.274 e. The number of amides is 2. The van der Waals surface area contributed by atoms with Crippen molar-refractivity contribution in [3.63, 3.8) is 0 Å². The highest BCUT2D eigenvalue weighted by atomic mass is 16.2. The first-order valence-electron chi connectivity index (χ1n) is 5.13. The van der Waals surface area contributed by atoms with Crippen LogP contribution < -0.4 is 4.90 Å². The minimum atomic E-state index is -0.0180. The third-order valence-electron chi connectivity index (χ3n) is 3.13. The van der Waals surface area contributed by atoms with Gasteiger partial charge in [-0.25, -0.2) is 0 Å². The number of imide groups is 1. The van der Waals surface area contributed by atoms with Crippen LogP contribution in [-0.2, 0) is 9.59 Å². The molecule has 0 spiro atoms. The molecule has 1 aliphatic carbocycles. The first-order valence-corrected chi connectivity index (χ1v) is 5.13. The summed E-state index contributed by atoms with van der Waals surface area (Å²) in [6.45, 7) is 1.95. The molecule has 1 saturated carbocycles. The van der Waals surface area contributed by atoms with Crippen LogP contribution in [0.1, 0.15) is 12.0 Å². The van der Waals surface area contributed by atoms with E-state index in [1.807, 2.05) is 31.2 Å². The number of aryl methyl sites for hydroxylation is 1. The molecule has 1 saturated heterocycles. The Kier molecular flexibility index (Phi) is 1.55. The zero-order valence-corrected chi connectivity index (χ0v) is 8.43. The van der Waals surface area contributed by atoms with Crippen LogP contribution in [0.15, 0.2) is 24.3 Å². The Labute approximate surface area is 87.7 Å². The normalized spacial score (nSPS) is 28.2. The molecule has 0 N–H and O–H groups in total. The SMILES string of the molecule is Cc1cccc(N2C(=O)[C@@H]3C[C@H]3C2=O)c1. The van der Waals surface area contributed by atoms with Crippen molar-refractivity contribution in [2.75, 3.05) is 4.90 Å². The van der Waals surface area contributed by atoms with Crippen molar-refractivity contribution in [3.05, 3.63) is 29.8 Å². The van der Waals surface area contributed by atoms with Crippen LogP contribution in [-0.4, -0.2) is 11.8 Å². The van der Waals surface area contributed by atoms with E-state index >= 15 is 0 Å².